The van der Waals surface area contributed by atoms with E-state index in [1.165, 1.54) is 0 Å². The summed E-state index contributed by atoms with van der Waals surface area (Å²) in [5.74, 6) is 0. The lowest BCUT2D eigenvalue weighted by Crippen LogP contribution is -2.33. The number of alkyl halides is 3. The van der Waals surface area contributed by atoms with E-state index in [1.54, 1.807) is 12.1 Å². The molecule has 1 aromatic carbocycles. The van der Waals surface area contributed by atoms with Gasteiger partial charge in [-0.2, -0.15) is 13.2 Å². The lowest BCUT2D eigenvalue weighted by atomic mass is 9.92. The Balaban J connectivity index is 2.22. The molecule has 1 aliphatic rings. The van der Waals surface area contributed by atoms with Crippen molar-refractivity contribution < 1.29 is 13.2 Å². The maximum absolute atomic E-state index is 12.3. The normalized spacial score (nSPS) is 21.1. The van der Waals surface area contributed by atoms with Crippen molar-refractivity contribution in [2.45, 2.75) is 25.1 Å². The van der Waals surface area contributed by atoms with Crippen molar-refractivity contribution in [2.24, 2.45) is 0 Å². The van der Waals surface area contributed by atoms with Gasteiger partial charge in [0.25, 0.3) is 0 Å². The van der Waals surface area contributed by atoms with Crippen molar-refractivity contribution in [1.29, 1.82) is 0 Å². The predicted octanol–water partition coefficient (Wildman–Crippen LogP) is 2.83. The van der Waals surface area contributed by atoms with Crippen LogP contribution >= 0.6 is 0 Å². The fraction of sp³-hybridized carbons (Fsp3) is 0.455. The lowest BCUT2D eigenvalue weighted by Gasteiger charge is -2.27. The second-order valence-corrected chi connectivity index (χ2v) is 3.77. The number of halogens is 3. The Hall–Kier alpha value is -1.03. The van der Waals surface area contributed by atoms with E-state index in [9.17, 15) is 13.2 Å². The Bertz CT molecular complexity index is 346. The molecule has 0 bridgehead atoms. The van der Waals surface area contributed by atoms with Gasteiger partial charge >= 0.3 is 6.18 Å². The number of hydrogen-bond acceptors (Lipinski definition) is 1. The third-order valence-electron chi connectivity index (χ3n) is 2.65. The highest BCUT2D eigenvalue weighted by Crippen LogP contribution is 2.32. The van der Waals surface area contributed by atoms with E-state index in [1.807, 2.05) is 12.1 Å². The van der Waals surface area contributed by atoms with Crippen LogP contribution in [0.4, 0.5) is 13.2 Å². The Morgan fingerprint density at radius 2 is 2.00 bits per heavy atom. The first-order chi connectivity index (χ1) is 7.06. The van der Waals surface area contributed by atoms with Gasteiger partial charge in [-0.05, 0) is 24.1 Å². The Labute approximate surface area is 86.3 Å². The average Bonchev–Trinajstić information content (AvgIpc) is 2.16. The summed E-state index contributed by atoms with van der Waals surface area (Å²) in [6.45, 7) is 0.623. The maximum Gasteiger partial charge on any atom is 0.390 e. The average molecular weight is 215 g/mol. The smallest absolute Gasteiger partial charge is 0.309 e. The molecule has 1 aliphatic heterocycles. The van der Waals surface area contributed by atoms with Crippen molar-refractivity contribution >= 4 is 0 Å². The Morgan fingerprint density at radius 3 is 2.73 bits per heavy atom. The zero-order valence-corrected chi connectivity index (χ0v) is 8.14. The number of nitrogens with one attached hydrogen (secondary N) is 1. The van der Waals surface area contributed by atoms with Gasteiger partial charge in [0, 0.05) is 6.04 Å². The van der Waals surface area contributed by atoms with E-state index in [0.29, 0.717) is 6.54 Å². The minimum absolute atomic E-state index is 0.574. The first kappa shape index (κ1) is 10.5. The van der Waals surface area contributed by atoms with Crippen LogP contribution in [0, 0.1) is 0 Å². The van der Waals surface area contributed by atoms with Gasteiger partial charge in [0.15, 0.2) is 0 Å². The van der Waals surface area contributed by atoms with Crippen LogP contribution in [-0.2, 0) is 6.42 Å². The molecular formula is C11H12F3N. The number of benzene rings is 1. The van der Waals surface area contributed by atoms with Crippen LogP contribution in [0.2, 0.25) is 0 Å². The molecule has 0 radical (unpaired) electrons. The lowest BCUT2D eigenvalue weighted by molar-refractivity contribution is -0.140. The SMILES string of the molecule is FC(F)(F)C[C@@H]1NCCc2ccccc21. The summed E-state index contributed by atoms with van der Waals surface area (Å²) < 4.78 is 36.9. The quantitative estimate of drug-likeness (QED) is 0.759. The maximum atomic E-state index is 12.3. The Kier molecular flexibility index (Phi) is 2.69. The second kappa shape index (κ2) is 3.85. The van der Waals surface area contributed by atoms with Crippen LogP contribution in [-0.4, -0.2) is 12.7 Å². The second-order valence-electron chi connectivity index (χ2n) is 3.77. The molecule has 1 N–H and O–H groups in total. The van der Waals surface area contributed by atoms with Crippen molar-refractivity contribution in [2.75, 3.05) is 6.54 Å². The predicted molar refractivity (Wildman–Crippen MR) is 51.6 cm³/mol. The van der Waals surface area contributed by atoms with E-state index in [-0.39, 0.29) is 0 Å². The van der Waals surface area contributed by atoms with Gasteiger partial charge in [-0.25, -0.2) is 0 Å². The zero-order valence-electron chi connectivity index (χ0n) is 8.14. The summed E-state index contributed by atoms with van der Waals surface area (Å²) in [6.07, 6.45) is -4.09. The van der Waals surface area contributed by atoms with E-state index >= 15 is 0 Å². The van der Waals surface area contributed by atoms with Gasteiger partial charge in [-0.1, -0.05) is 24.3 Å². The molecule has 0 aliphatic carbocycles. The number of hydrogen-bond donors (Lipinski definition) is 1. The van der Waals surface area contributed by atoms with E-state index in [0.717, 1.165) is 17.5 Å². The van der Waals surface area contributed by atoms with Crippen molar-refractivity contribution in [3.05, 3.63) is 35.4 Å². The molecule has 0 unspecified atom stereocenters. The Morgan fingerprint density at radius 1 is 1.27 bits per heavy atom. The van der Waals surface area contributed by atoms with Crippen molar-refractivity contribution in [1.82, 2.24) is 5.32 Å². The third kappa shape index (κ3) is 2.50. The molecule has 82 valence electrons. The molecule has 0 spiro atoms. The highest BCUT2D eigenvalue weighted by Gasteiger charge is 2.34. The molecule has 2 rings (SSSR count). The fourth-order valence-electron chi connectivity index (χ4n) is 2.01. The molecule has 0 fully saturated rings. The molecular weight excluding hydrogens is 203 g/mol. The van der Waals surface area contributed by atoms with E-state index in [2.05, 4.69) is 5.32 Å². The summed E-state index contributed by atoms with van der Waals surface area (Å²) in [7, 11) is 0. The van der Waals surface area contributed by atoms with Crippen LogP contribution in [0.5, 0.6) is 0 Å². The van der Waals surface area contributed by atoms with Crippen molar-refractivity contribution in [3.8, 4) is 0 Å². The first-order valence-corrected chi connectivity index (χ1v) is 4.94. The van der Waals surface area contributed by atoms with Gasteiger partial charge in [0.05, 0.1) is 6.42 Å². The molecule has 1 heterocycles. The molecule has 1 nitrogen and oxygen atoms in total. The number of rotatable bonds is 1. The topological polar surface area (TPSA) is 12.0 Å². The minimum Gasteiger partial charge on any atom is -0.309 e. The van der Waals surface area contributed by atoms with Gasteiger partial charge in [-0.15, -0.1) is 0 Å². The molecule has 0 aromatic heterocycles. The largest absolute Gasteiger partial charge is 0.390 e. The summed E-state index contributed by atoms with van der Waals surface area (Å²) in [6, 6.07) is 6.76. The molecule has 0 amide bonds. The molecule has 4 heteroatoms. The minimum atomic E-state index is -4.11. The highest BCUT2D eigenvalue weighted by molar-refractivity contribution is 5.32. The third-order valence-corrected chi connectivity index (χ3v) is 2.65. The van der Waals surface area contributed by atoms with Crippen LogP contribution < -0.4 is 5.32 Å². The van der Waals surface area contributed by atoms with Gasteiger partial charge in [0.1, 0.15) is 0 Å². The summed E-state index contributed by atoms with van der Waals surface area (Å²) >= 11 is 0. The monoisotopic (exact) mass is 215 g/mol. The summed E-state index contributed by atoms with van der Waals surface area (Å²) in [4.78, 5) is 0. The highest BCUT2D eigenvalue weighted by atomic mass is 19.4. The number of fused-ring (bicyclic) bond motifs is 1. The van der Waals surface area contributed by atoms with Crippen LogP contribution in [0.3, 0.4) is 0 Å². The molecule has 1 aromatic rings. The van der Waals surface area contributed by atoms with Gasteiger partial charge in [0.2, 0.25) is 0 Å². The van der Waals surface area contributed by atoms with E-state index < -0.39 is 18.6 Å². The summed E-state index contributed by atoms with van der Waals surface area (Å²) in [5.41, 5.74) is 1.83. The summed E-state index contributed by atoms with van der Waals surface area (Å²) in [5, 5.41) is 2.91. The zero-order chi connectivity index (χ0) is 10.9. The van der Waals surface area contributed by atoms with Crippen LogP contribution in [0.25, 0.3) is 0 Å². The van der Waals surface area contributed by atoms with Crippen LogP contribution in [0.1, 0.15) is 23.6 Å². The molecule has 15 heavy (non-hydrogen) atoms. The van der Waals surface area contributed by atoms with Gasteiger partial charge < -0.3 is 5.32 Å². The first-order valence-electron chi connectivity index (χ1n) is 4.94. The molecule has 1 atom stereocenters. The van der Waals surface area contributed by atoms with Crippen LogP contribution in [0.15, 0.2) is 24.3 Å². The standard InChI is InChI=1S/C11H12F3N/c12-11(13,14)7-10-9-4-2-1-3-8(9)5-6-15-10/h1-4,10,15H,5-7H2/t10-/m0/s1. The molecule has 0 saturated heterocycles. The van der Waals surface area contributed by atoms with E-state index in [4.69, 9.17) is 0 Å². The molecule has 0 saturated carbocycles. The fourth-order valence-corrected chi connectivity index (χ4v) is 2.01. The van der Waals surface area contributed by atoms with Crippen molar-refractivity contribution in [3.63, 3.8) is 0 Å². The van der Waals surface area contributed by atoms with Gasteiger partial charge in [-0.3, -0.25) is 0 Å².